The van der Waals surface area contributed by atoms with Crippen molar-refractivity contribution < 1.29 is 18.8 Å². The Morgan fingerprint density at radius 3 is 2.81 bits per heavy atom. The average molecular weight is 228 g/mol. The summed E-state index contributed by atoms with van der Waals surface area (Å²) in [6, 6.07) is -0.643. The number of hydrogen-bond donors (Lipinski definition) is 2. The number of anilines is 1. The lowest BCUT2D eigenvalue weighted by atomic mass is 10.6. The lowest BCUT2D eigenvalue weighted by Crippen LogP contribution is -2.34. The second kappa shape index (κ2) is 5.69. The van der Waals surface area contributed by atoms with Gasteiger partial charge >= 0.3 is 18.0 Å². The SMILES string of the molecule is CCOC(=O)CNC(=O)Nc1nc(C)no1. The van der Waals surface area contributed by atoms with E-state index in [2.05, 4.69) is 30.0 Å². The fourth-order valence-corrected chi connectivity index (χ4v) is 0.854. The number of aryl methyl sites for hydroxylation is 1. The van der Waals surface area contributed by atoms with E-state index in [0.29, 0.717) is 5.82 Å². The monoisotopic (exact) mass is 228 g/mol. The zero-order valence-corrected chi connectivity index (χ0v) is 8.94. The third-order valence-corrected chi connectivity index (χ3v) is 1.45. The molecule has 8 heteroatoms. The summed E-state index contributed by atoms with van der Waals surface area (Å²) in [5.74, 6) is -0.111. The van der Waals surface area contributed by atoms with Gasteiger partial charge in [0.1, 0.15) is 6.54 Å². The third-order valence-electron chi connectivity index (χ3n) is 1.45. The first-order valence-electron chi connectivity index (χ1n) is 4.62. The smallest absolute Gasteiger partial charge is 0.329 e. The summed E-state index contributed by atoms with van der Waals surface area (Å²) in [5, 5.41) is 8.01. The molecule has 88 valence electrons. The van der Waals surface area contributed by atoms with Crippen molar-refractivity contribution in [3.63, 3.8) is 0 Å². The van der Waals surface area contributed by atoms with Crippen molar-refractivity contribution in [3.8, 4) is 0 Å². The van der Waals surface area contributed by atoms with Crippen molar-refractivity contribution in [1.82, 2.24) is 15.5 Å². The van der Waals surface area contributed by atoms with Crippen LogP contribution in [0.25, 0.3) is 0 Å². The third kappa shape index (κ3) is 3.95. The molecule has 1 aromatic rings. The summed E-state index contributed by atoms with van der Waals surface area (Å²) >= 11 is 0. The van der Waals surface area contributed by atoms with Gasteiger partial charge in [-0.3, -0.25) is 10.1 Å². The molecule has 0 aliphatic carbocycles. The van der Waals surface area contributed by atoms with Gasteiger partial charge in [-0.25, -0.2) is 4.79 Å². The minimum absolute atomic E-state index is 0.0288. The van der Waals surface area contributed by atoms with E-state index < -0.39 is 12.0 Å². The molecule has 1 rings (SSSR count). The Hall–Kier alpha value is -2.12. The van der Waals surface area contributed by atoms with Gasteiger partial charge in [0.05, 0.1) is 6.61 Å². The molecular formula is C8H12N4O4. The van der Waals surface area contributed by atoms with Crippen LogP contribution in [0.5, 0.6) is 0 Å². The number of hydrogen-bond acceptors (Lipinski definition) is 6. The molecule has 0 bridgehead atoms. The second-order valence-corrected chi connectivity index (χ2v) is 2.76. The average Bonchev–Trinajstić information content (AvgIpc) is 2.61. The highest BCUT2D eigenvalue weighted by Crippen LogP contribution is 2.00. The van der Waals surface area contributed by atoms with Crippen LogP contribution in [0.15, 0.2) is 4.52 Å². The maximum Gasteiger partial charge on any atom is 0.329 e. The van der Waals surface area contributed by atoms with Gasteiger partial charge in [-0.15, -0.1) is 0 Å². The van der Waals surface area contributed by atoms with Crippen molar-refractivity contribution >= 4 is 18.0 Å². The van der Waals surface area contributed by atoms with E-state index in [0.717, 1.165) is 0 Å². The zero-order valence-electron chi connectivity index (χ0n) is 8.94. The highest BCUT2D eigenvalue weighted by atomic mass is 16.5. The Labute approximate surface area is 91.3 Å². The largest absolute Gasteiger partial charge is 0.465 e. The normalized spacial score (nSPS) is 9.62. The maximum absolute atomic E-state index is 11.2. The van der Waals surface area contributed by atoms with Crippen LogP contribution in [-0.2, 0) is 9.53 Å². The Bertz CT molecular complexity index is 376. The first kappa shape index (κ1) is 12.0. The molecule has 0 fully saturated rings. The fraction of sp³-hybridized carbons (Fsp3) is 0.500. The molecule has 0 unspecified atom stereocenters. The number of carbonyl (C=O) groups is 2. The molecule has 0 radical (unpaired) electrons. The van der Waals surface area contributed by atoms with E-state index in [1.165, 1.54) is 0 Å². The van der Waals surface area contributed by atoms with Gasteiger partial charge in [-0.05, 0) is 13.8 Å². The van der Waals surface area contributed by atoms with Crippen LogP contribution in [0.1, 0.15) is 12.7 Å². The van der Waals surface area contributed by atoms with Crippen molar-refractivity contribution in [3.05, 3.63) is 5.82 Å². The number of rotatable bonds is 4. The summed E-state index contributed by atoms with van der Waals surface area (Å²) in [5.41, 5.74) is 0. The molecule has 2 amide bonds. The van der Waals surface area contributed by atoms with Gasteiger partial charge < -0.3 is 14.6 Å². The van der Waals surface area contributed by atoms with Crippen molar-refractivity contribution in [2.45, 2.75) is 13.8 Å². The molecule has 1 heterocycles. The number of urea groups is 1. The highest BCUT2D eigenvalue weighted by Gasteiger charge is 2.09. The zero-order chi connectivity index (χ0) is 12.0. The number of amides is 2. The van der Waals surface area contributed by atoms with E-state index in [1.807, 2.05) is 0 Å². The molecular weight excluding hydrogens is 216 g/mol. The van der Waals surface area contributed by atoms with Crippen molar-refractivity contribution in [1.29, 1.82) is 0 Å². The second-order valence-electron chi connectivity index (χ2n) is 2.76. The van der Waals surface area contributed by atoms with Crippen LogP contribution in [-0.4, -0.2) is 35.3 Å². The molecule has 2 N–H and O–H groups in total. The molecule has 8 nitrogen and oxygen atoms in total. The molecule has 0 saturated carbocycles. The molecule has 0 aromatic carbocycles. The van der Waals surface area contributed by atoms with E-state index >= 15 is 0 Å². The molecule has 0 spiro atoms. The predicted molar refractivity (Wildman–Crippen MR) is 52.7 cm³/mol. The number of nitrogens with zero attached hydrogens (tertiary/aromatic N) is 2. The summed E-state index contributed by atoms with van der Waals surface area (Å²) in [6.07, 6.45) is 0. The summed E-state index contributed by atoms with van der Waals surface area (Å²) in [6.45, 7) is 3.35. The number of nitrogens with one attached hydrogen (secondary N) is 2. The Balaban J connectivity index is 2.28. The van der Waals surface area contributed by atoms with Gasteiger partial charge in [0.2, 0.25) is 0 Å². The van der Waals surface area contributed by atoms with E-state index in [4.69, 9.17) is 0 Å². The number of ether oxygens (including phenoxy) is 1. The number of carbonyl (C=O) groups excluding carboxylic acids is 2. The first-order valence-corrected chi connectivity index (χ1v) is 4.62. The summed E-state index contributed by atoms with van der Waals surface area (Å²) in [4.78, 5) is 25.8. The standard InChI is InChI=1S/C8H12N4O4/c1-3-15-6(13)4-9-7(14)11-8-10-5(2)12-16-8/h3-4H2,1-2H3,(H2,9,10,11,12,14). The topological polar surface area (TPSA) is 106 Å². The van der Waals surface area contributed by atoms with Gasteiger partial charge in [0.15, 0.2) is 5.82 Å². The van der Waals surface area contributed by atoms with Gasteiger partial charge in [0.25, 0.3) is 0 Å². The summed E-state index contributed by atoms with van der Waals surface area (Å²) in [7, 11) is 0. The Kier molecular flexibility index (Phi) is 4.25. The highest BCUT2D eigenvalue weighted by molar-refractivity contribution is 5.89. The minimum atomic E-state index is -0.614. The van der Waals surface area contributed by atoms with Gasteiger partial charge in [0, 0.05) is 0 Å². The maximum atomic E-state index is 11.2. The first-order chi connectivity index (χ1) is 7.61. The molecule has 0 atom stereocenters. The Morgan fingerprint density at radius 1 is 1.50 bits per heavy atom. The van der Waals surface area contributed by atoms with Crippen LogP contribution in [0, 0.1) is 6.92 Å². The van der Waals surface area contributed by atoms with Crippen LogP contribution >= 0.6 is 0 Å². The molecule has 1 aromatic heterocycles. The molecule has 0 aliphatic heterocycles. The van der Waals surface area contributed by atoms with E-state index in [9.17, 15) is 9.59 Å². The molecule has 0 saturated heterocycles. The van der Waals surface area contributed by atoms with Crippen molar-refractivity contribution in [2.24, 2.45) is 0 Å². The summed E-state index contributed by atoms with van der Waals surface area (Å²) < 4.78 is 9.25. The molecule has 16 heavy (non-hydrogen) atoms. The van der Waals surface area contributed by atoms with Gasteiger partial charge in [-0.2, -0.15) is 4.98 Å². The van der Waals surface area contributed by atoms with Crippen LogP contribution < -0.4 is 10.6 Å². The lowest BCUT2D eigenvalue weighted by Gasteiger charge is -2.03. The van der Waals surface area contributed by atoms with Crippen LogP contribution in [0.3, 0.4) is 0 Å². The van der Waals surface area contributed by atoms with Crippen LogP contribution in [0.2, 0.25) is 0 Å². The number of aromatic nitrogens is 2. The lowest BCUT2D eigenvalue weighted by molar-refractivity contribution is -0.141. The number of esters is 1. The quantitative estimate of drug-likeness (QED) is 0.706. The predicted octanol–water partition coefficient (Wildman–Crippen LogP) is 0.0626. The Morgan fingerprint density at radius 2 is 2.25 bits per heavy atom. The fourth-order valence-electron chi connectivity index (χ4n) is 0.854. The van der Waals surface area contributed by atoms with Crippen molar-refractivity contribution in [2.75, 3.05) is 18.5 Å². The van der Waals surface area contributed by atoms with Crippen LogP contribution in [0.4, 0.5) is 10.8 Å². The van der Waals surface area contributed by atoms with Gasteiger partial charge in [-0.1, -0.05) is 5.16 Å². The minimum Gasteiger partial charge on any atom is -0.465 e. The van der Waals surface area contributed by atoms with E-state index in [-0.39, 0.29) is 19.2 Å². The van der Waals surface area contributed by atoms with E-state index in [1.54, 1.807) is 13.8 Å². The molecule has 0 aliphatic rings.